The Bertz CT molecular complexity index is 139. The number of hydrogen-bond donors (Lipinski definition) is 5. The lowest BCUT2D eigenvalue weighted by atomic mass is 10.2. The van der Waals surface area contributed by atoms with E-state index in [0.29, 0.717) is 0 Å². The van der Waals surface area contributed by atoms with Crippen LogP contribution in [-0.2, 0) is 0 Å². The van der Waals surface area contributed by atoms with Crippen molar-refractivity contribution in [3.05, 3.63) is 0 Å². The largest absolute Gasteiger partial charge is 0.314 e. The van der Waals surface area contributed by atoms with Crippen LogP contribution in [0.25, 0.3) is 0 Å². The first-order valence-electron chi connectivity index (χ1n) is 4.10. The van der Waals surface area contributed by atoms with Crippen LogP contribution in [0.1, 0.15) is 0 Å². The van der Waals surface area contributed by atoms with Crippen molar-refractivity contribution in [1.82, 2.24) is 10.2 Å². The monoisotopic (exact) mass is 174 g/mol. The molecule has 0 aromatic rings. The maximum Gasteiger partial charge on any atom is 0.150 e. The summed E-state index contributed by atoms with van der Waals surface area (Å²) in [4.78, 5) is 1.90. The molecule has 0 spiro atoms. The van der Waals surface area contributed by atoms with Crippen molar-refractivity contribution < 1.29 is 0 Å². The Hall–Kier alpha value is -0.240. The van der Waals surface area contributed by atoms with Gasteiger partial charge in [0.15, 0.2) is 0 Å². The fourth-order valence-electron chi connectivity index (χ4n) is 1.26. The molecule has 6 heteroatoms. The van der Waals surface area contributed by atoms with Crippen LogP contribution >= 0.6 is 0 Å². The van der Waals surface area contributed by atoms with E-state index in [2.05, 4.69) is 5.32 Å². The zero-order valence-corrected chi connectivity index (χ0v) is 7.16. The summed E-state index contributed by atoms with van der Waals surface area (Å²) in [5, 5.41) is 3.19. The molecule has 0 saturated carbocycles. The summed E-state index contributed by atoms with van der Waals surface area (Å²) in [6, 6.07) is 0. The fourth-order valence-corrected chi connectivity index (χ4v) is 1.26. The molecule has 0 bridgehead atoms. The topological polar surface area (TPSA) is 119 Å². The van der Waals surface area contributed by atoms with Crippen LogP contribution in [-0.4, -0.2) is 43.0 Å². The van der Waals surface area contributed by atoms with Crippen LogP contribution in [0.2, 0.25) is 0 Å². The summed E-state index contributed by atoms with van der Waals surface area (Å²) < 4.78 is 0. The maximum absolute atomic E-state index is 5.76. The Morgan fingerprint density at radius 1 is 1.17 bits per heavy atom. The van der Waals surface area contributed by atoms with Gasteiger partial charge < -0.3 is 16.8 Å². The average molecular weight is 174 g/mol. The Labute approximate surface area is 72.2 Å². The van der Waals surface area contributed by atoms with Crippen molar-refractivity contribution in [2.24, 2.45) is 22.9 Å². The summed E-state index contributed by atoms with van der Waals surface area (Å²) in [7, 11) is 0. The van der Waals surface area contributed by atoms with Crippen LogP contribution in [0.15, 0.2) is 0 Å². The van der Waals surface area contributed by atoms with Gasteiger partial charge in [0, 0.05) is 26.2 Å². The van der Waals surface area contributed by atoms with Gasteiger partial charge in [-0.2, -0.15) is 0 Å². The molecule has 0 radical (unpaired) electrons. The molecule has 0 aliphatic carbocycles. The van der Waals surface area contributed by atoms with Crippen LogP contribution in [0.3, 0.4) is 0 Å². The molecule has 0 atom stereocenters. The van der Waals surface area contributed by atoms with E-state index in [0.717, 1.165) is 26.2 Å². The van der Waals surface area contributed by atoms with Crippen molar-refractivity contribution in [1.29, 1.82) is 0 Å². The third kappa shape index (κ3) is 1.92. The van der Waals surface area contributed by atoms with Gasteiger partial charge in [-0.05, 0) is 0 Å². The molecule has 72 valence electrons. The second kappa shape index (κ2) is 3.65. The molecule has 0 aromatic heterocycles. The van der Waals surface area contributed by atoms with Crippen molar-refractivity contribution in [2.75, 3.05) is 26.2 Å². The highest BCUT2D eigenvalue weighted by atomic mass is 15.4. The number of nitrogens with one attached hydrogen (secondary N) is 1. The van der Waals surface area contributed by atoms with Crippen LogP contribution in [0.4, 0.5) is 0 Å². The first-order valence-corrected chi connectivity index (χ1v) is 4.10. The molecule has 0 aromatic carbocycles. The third-order valence-corrected chi connectivity index (χ3v) is 2.20. The lowest BCUT2D eigenvalue weighted by Crippen LogP contribution is -2.76. The van der Waals surface area contributed by atoms with Gasteiger partial charge in [-0.1, -0.05) is 0 Å². The first kappa shape index (κ1) is 9.85. The van der Waals surface area contributed by atoms with E-state index in [-0.39, 0.29) is 0 Å². The van der Waals surface area contributed by atoms with E-state index in [1.54, 1.807) is 0 Å². The summed E-state index contributed by atoms with van der Waals surface area (Å²) in [5.41, 5.74) is 22.5. The third-order valence-electron chi connectivity index (χ3n) is 2.20. The van der Waals surface area contributed by atoms with Gasteiger partial charge in [0.25, 0.3) is 0 Å². The number of rotatable bonds is 2. The van der Waals surface area contributed by atoms with Gasteiger partial charge in [0.2, 0.25) is 0 Å². The predicted octanol–water partition coefficient (Wildman–Crippen LogP) is -3.29. The number of hydrogen-bond acceptors (Lipinski definition) is 6. The highest BCUT2D eigenvalue weighted by Crippen LogP contribution is 2.03. The zero-order valence-electron chi connectivity index (χ0n) is 7.16. The zero-order chi connectivity index (χ0) is 9.19. The van der Waals surface area contributed by atoms with E-state index < -0.39 is 12.0 Å². The minimum Gasteiger partial charge on any atom is -0.314 e. The molecule has 1 fully saturated rings. The van der Waals surface area contributed by atoms with E-state index in [4.69, 9.17) is 22.9 Å². The summed E-state index contributed by atoms with van der Waals surface area (Å²) in [6.07, 6.45) is -0.712. The molecule has 1 rings (SSSR count). The van der Waals surface area contributed by atoms with Crippen molar-refractivity contribution in [3.8, 4) is 0 Å². The summed E-state index contributed by atoms with van der Waals surface area (Å²) in [6.45, 7) is 3.33. The molecule has 0 unspecified atom stereocenters. The van der Waals surface area contributed by atoms with Gasteiger partial charge >= 0.3 is 0 Å². The summed E-state index contributed by atoms with van der Waals surface area (Å²) >= 11 is 0. The molecule has 1 heterocycles. The van der Waals surface area contributed by atoms with Gasteiger partial charge in [0.05, 0.1) is 6.17 Å². The number of piperazine rings is 1. The Balaban J connectivity index is 2.53. The van der Waals surface area contributed by atoms with Crippen molar-refractivity contribution in [2.45, 2.75) is 12.0 Å². The molecular weight excluding hydrogens is 156 g/mol. The highest BCUT2D eigenvalue weighted by molar-refractivity contribution is 4.87. The summed E-state index contributed by atoms with van der Waals surface area (Å²) in [5.74, 6) is -1.08. The fraction of sp³-hybridized carbons (Fsp3) is 1.00. The highest BCUT2D eigenvalue weighted by Gasteiger charge is 2.33. The number of nitrogens with two attached hydrogens (primary N) is 4. The lowest BCUT2D eigenvalue weighted by Gasteiger charge is -2.42. The molecule has 1 aliphatic rings. The Morgan fingerprint density at radius 2 is 1.67 bits per heavy atom. The van der Waals surface area contributed by atoms with E-state index >= 15 is 0 Å². The van der Waals surface area contributed by atoms with Gasteiger partial charge in [-0.3, -0.25) is 16.4 Å². The average Bonchev–Trinajstić information content (AvgIpc) is 2.06. The maximum atomic E-state index is 5.76. The lowest BCUT2D eigenvalue weighted by molar-refractivity contribution is 0.0611. The number of nitrogens with zero attached hydrogens (tertiary/aromatic N) is 1. The first-order chi connectivity index (χ1) is 5.55. The van der Waals surface area contributed by atoms with Crippen molar-refractivity contribution >= 4 is 0 Å². The minimum atomic E-state index is -1.08. The van der Waals surface area contributed by atoms with Crippen LogP contribution in [0, 0.1) is 0 Å². The molecule has 0 amide bonds. The van der Waals surface area contributed by atoms with E-state index in [1.165, 1.54) is 0 Å². The second-order valence-corrected chi connectivity index (χ2v) is 3.15. The van der Waals surface area contributed by atoms with Gasteiger partial charge in [-0.15, -0.1) is 0 Å². The quantitative estimate of drug-likeness (QED) is 0.280. The smallest absolute Gasteiger partial charge is 0.150 e. The SMILES string of the molecule is NC(N)C(N)(N)N1CCNCC1. The van der Waals surface area contributed by atoms with Crippen molar-refractivity contribution in [3.63, 3.8) is 0 Å². The standard InChI is InChI=1S/C6H18N6/c7-5(8)6(9,10)12-3-1-11-2-4-12/h5,11H,1-4,7-10H2. The van der Waals surface area contributed by atoms with Crippen LogP contribution < -0.4 is 28.3 Å². The molecule has 6 nitrogen and oxygen atoms in total. The molecule has 1 aliphatic heterocycles. The van der Waals surface area contributed by atoms with Gasteiger partial charge in [-0.25, -0.2) is 0 Å². The molecular formula is C6H18N6. The predicted molar refractivity (Wildman–Crippen MR) is 47.7 cm³/mol. The molecule has 9 N–H and O–H groups in total. The molecule has 1 saturated heterocycles. The minimum absolute atomic E-state index is 0.712. The van der Waals surface area contributed by atoms with E-state index in [9.17, 15) is 0 Å². The molecule has 12 heavy (non-hydrogen) atoms. The van der Waals surface area contributed by atoms with Gasteiger partial charge in [0.1, 0.15) is 5.79 Å². The Kier molecular flexibility index (Phi) is 2.99. The Morgan fingerprint density at radius 3 is 2.08 bits per heavy atom. The normalized spacial score (nSPS) is 21.8. The van der Waals surface area contributed by atoms with E-state index in [1.807, 2.05) is 4.90 Å². The van der Waals surface area contributed by atoms with Crippen LogP contribution in [0.5, 0.6) is 0 Å². The second-order valence-electron chi connectivity index (χ2n) is 3.15.